The van der Waals surface area contributed by atoms with Crippen LogP contribution in [0.25, 0.3) is 0 Å². The van der Waals surface area contributed by atoms with Crippen LogP contribution in [0.15, 0.2) is 52.0 Å². The molecule has 4 rings (SSSR count). The number of nitrogens with zero attached hydrogens (tertiary/aromatic N) is 3. The fourth-order valence-corrected chi connectivity index (χ4v) is 4.18. The molecule has 0 atom stereocenters. The van der Waals surface area contributed by atoms with Crippen molar-refractivity contribution in [1.29, 1.82) is 0 Å². The van der Waals surface area contributed by atoms with E-state index >= 15 is 0 Å². The molecule has 1 amide bonds. The average Bonchev–Trinajstić information content (AvgIpc) is 3.38. The molecule has 0 saturated heterocycles. The van der Waals surface area contributed by atoms with Gasteiger partial charge in [-0.2, -0.15) is 0 Å². The van der Waals surface area contributed by atoms with Crippen molar-refractivity contribution in [2.24, 2.45) is 0 Å². The minimum absolute atomic E-state index is 0.0739. The molecule has 3 heterocycles. The van der Waals surface area contributed by atoms with Gasteiger partial charge in [-0.1, -0.05) is 6.07 Å². The van der Waals surface area contributed by atoms with E-state index in [1.165, 1.54) is 28.1 Å². The zero-order valence-electron chi connectivity index (χ0n) is 20.3. The first-order valence-electron chi connectivity index (χ1n) is 11.9. The second kappa shape index (κ2) is 11.4. The largest absolute Gasteiger partial charge is 0.502 e. The van der Waals surface area contributed by atoms with Crippen LogP contribution in [0.5, 0.6) is 5.75 Å². The highest BCUT2D eigenvalue weighted by Crippen LogP contribution is 2.24. The van der Waals surface area contributed by atoms with Crippen LogP contribution in [0, 0.1) is 11.6 Å². The highest BCUT2D eigenvalue weighted by Gasteiger charge is 2.34. The first kappa shape index (κ1) is 26.1. The molecule has 11 heteroatoms. The number of halogens is 2. The van der Waals surface area contributed by atoms with Crippen molar-refractivity contribution in [3.63, 3.8) is 0 Å². The number of pyridine rings is 1. The molecule has 196 valence electrons. The van der Waals surface area contributed by atoms with Crippen LogP contribution in [0.1, 0.15) is 51.9 Å². The Balaban J connectivity index is 1.64. The molecule has 1 N–H and O–H groups in total. The molecule has 37 heavy (non-hydrogen) atoms. The predicted molar refractivity (Wildman–Crippen MR) is 129 cm³/mol. The summed E-state index contributed by atoms with van der Waals surface area (Å²) in [5.41, 5.74) is -1.47. The van der Waals surface area contributed by atoms with Crippen LogP contribution in [-0.4, -0.2) is 52.8 Å². The normalized spacial score (nSPS) is 13.2. The average molecular weight is 516 g/mol. The quantitative estimate of drug-likeness (QED) is 0.309. The Kier molecular flexibility index (Phi) is 8.02. The van der Waals surface area contributed by atoms with E-state index in [4.69, 9.17) is 9.15 Å². The molecule has 0 unspecified atom stereocenters. The zero-order chi connectivity index (χ0) is 26.5. The molecule has 0 bridgehead atoms. The Hall–Kier alpha value is -3.99. The number of carbonyl (C=O) groups is 2. The van der Waals surface area contributed by atoms with Gasteiger partial charge in [-0.05, 0) is 43.5 Å². The lowest BCUT2D eigenvalue weighted by atomic mass is 10.0. The van der Waals surface area contributed by atoms with Crippen LogP contribution >= 0.6 is 0 Å². The van der Waals surface area contributed by atoms with Gasteiger partial charge in [0.15, 0.2) is 17.2 Å². The third kappa shape index (κ3) is 5.72. The number of aryl methyl sites for hydroxylation is 1. The van der Waals surface area contributed by atoms with Gasteiger partial charge in [-0.25, -0.2) is 8.78 Å². The summed E-state index contributed by atoms with van der Waals surface area (Å²) >= 11 is 0. The Morgan fingerprint density at radius 1 is 1.22 bits per heavy atom. The lowest BCUT2D eigenvalue weighted by Crippen LogP contribution is -2.54. The number of hydrogen-bond acceptors (Lipinski definition) is 7. The Labute approximate surface area is 211 Å². The zero-order valence-corrected chi connectivity index (χ0v) is 20.3. The molecule has 0 radical (unpaired) electrons. The second-order valence-corrected chi connectivity index (χ2v) is 8.58. The topological polar surface area (TPSA) is 105 Å². The van der Waals surface area contributed by atoms with Crippen molar-refractivity contribution in [3.05, 3.63) is 87.2 Å². The maximum Gasteiger partial charge on any atom is 0.277 e. The van der Waals surface area contributed by atoms with Gasteiger partial charge in [0.25, 0.3) is 5.91 Å². The number of aromatic hydroxyl groups is 1. The van der Waals surface area contributed by atoms with E-state index < -0.39 is 34.5 Å². The third-order valence-corrected chi connectivity index (χ3v) is 6.07. The maximum atomic E-state index is 14.0. The van der Waals surface area contributed by atoms with Gasteiger partial charge in [0.05, 0.1) is 18.4 Å². The first-order chi connectivity index (χ1) is 17.8. The van der Waals surface area contributed by atoms with E-state index in [-0.39, 0.29) is 42.9 Å². The van der Waals surface area contributed by atoms with E-state index in [0.29, 0.717) is 31.9 Å². The van der Waals surface area contributed by atoms with E-state index in [2.05, 4.69) is 0 Å². The van der Waals surface area contributed by atoms with Crippen LogP contribution in [-0.2, 0) is 17.7 Å². The third-order valence-electron chi connectivity index (χ3n) is 6.07. The Morgan fingerprint density at radius 2 is 2.03 bits per heavy atom. The van der Waals surface area contributed by atoms with Crippen molar-refractivity contribution in [1.82, 2.24) is 9.58 Å². The van der Waals surface area contributed by atoms with Gasteiger partial charge in [-0.15, -0.1) is 0 Å². The standard InChI is InChI=1S/C26H27F2N3O6/c1-2-36-11-4-10-29-16-30(14-19-5-3-12-37-19)31-15-20(24(33)25(34)23(31)26(29)35)22(32)9-7-17-6-8-18(27)13-21(17)28/h3,5-6,8,12-13,15,34H,2,4,7,9-11,14,16H2,1H3. The molecule has 9 nitrogen and oxygen atoms in total. The van der Waals surface area contributed by atoms with Crippen molar-refractivity contribution in [2.75, 3.05) is 31.4 Å². The fourth-order valence-electron chi connectivity index (χ4n) is 4.18. The monoisotopic (exact) mass is 515 g/mol. The summed E-state index contributed by atoms with van der Waals surface area (Å²) in [4.78, 5) is 40.6. The van der Waals surface area contributed by atoms with Gasteiger partial charge in [0.2, 0.25) is 5.43 Å². The van der Waals surface area contributed by atoms with Gasteiger partial charge in [-0.3, -0.25) is 24.1 Å². The van der Waals surface area contributed by atoms with Crippen molar-refractivity contribution in [2.45, 2.75) is 32.7 Å². The maximum absolute atomic E-state index is 14.0. The molecule has 3 aromatic rings. The van der Waals surface area contributed by atoms with E-state index in [1.54, 1.807) is 17.1 Å². The van der Waals surface area contributed by atoms with Crippen molar-refractivity contribution >= 4 is 11.7 Å². The molecule has 2 aromatic heterocycles. The molecular formula is C26H27F2N3O6. The number of ketones is 1. The number of Topliss-reactive ketones (excluding diaryl/α,β-unsaturated/α-hetero) is 1. The van der Waals surface area contributed by atoms with Gasteiger partial charge < -0.3 is 19.2 Å². The highest BCUT2D eigenvalue weighted by molar-refractivity contribution is 6.00. The van der Waals surface area contributed by atoms with Crippen molar-refractivity contribution < 1.29 is 32.6 Å². The van der Waals surface area contributed by atoms with Gasteiger partial charge >= 0.3 is 0 Å². The summed E-state index contributed by atoms with van der Waals surface area (Å²) in [6, 6.07) is 6.48. The number of benzene rings is 1. The number of rotatable bonds is 11. The molecule has 0 fully saturated rings. The number of ether oxygens (including phenoxy) is 1. The molecular weight excluding hydrogens is 488 g/mol. The van der Waals surface area contributed by atoms with Crippen LogP contribution in [0.4, 0.5) is 8.78 Å². The van der Waals surface area contributed by atoms with Gasteiger partial charge in [0.1, 0.15) is 24.1 Å². The van der Waals surface area contributed by atoms with E-state index in [1.807, 2.05) is 6.92 Å². The summed E-state index contributed by atoms with van der Waals surface area (Å²) in [5.74, 6) is -3.02. The van der Waals surface area contributed by atoms with Crippen LogP contribution < -0.4 is 10.4 Å². The first-order valence-corrected chi connectivity index (χ1v) is 11.9. The Morgan fingerprint density at radius 3 is 2.73 bits per heavy atom. The lowest BCUT2D eigenvalue weighted by molar-refractivity contribution is 0.0650. The lowest BCUT2D eigenvalue weighted by Gasteiger charge is -2.39. The predicted octanol–water partition coefficient (Wildman–Crippen LogP) is 3.22. The van der Waals surface area contributed by atoms with E-state index in [9.17, 15) is 28.3 Å². The summed E-state index contributed by atoms with van der Waals surface area (Å²) in [7, 11) is 0. The molecule has 1 aromatic carbocycles. The van der Waals surface area contributed by atoms with E-state index in [0.717, 1.165) is 12.1 Å². The SMILES string of the molecule is CCOCCCN1CN(Cc2ccco2)n2cc(C(=O)CCc3ccc(F)cc3F)c(=O)c(O)c2C1=O. The minimum atomic E-state index is -0.988. The highest BCUT2D eigenvalue weighted by atomic mass is 19.1. The molecule has 0 saturated carbocycles. The van der Waals surface area contributed by atoms with Crippen molar-refractivity contribution in [3.8, 4) is 5.75 Å². The molecule has 0 aliphatic carbocycles. The smallest absolute Gasteiger partial charge is 0.277 e. The van der Waals surface area contributed by atoms with Crippen LogP contribution in [0.3, 0.4) is 0 Å². The molecule has 0 spiro atoms. The summed E-state index contributed by atoms with van der Waals surface area (Å²) in [5, 5.41) is 12.4. The number of furan rings is 1. The molecule has 1 aliphatic heterocycles. The van der Waals surface area contributed by atoms with Crippen LogP contribution in [0.2, 0.25) is 0 Å². The number of carbonyl (C=O) groups excluding carboxylic acids is 2. The second-order valence-electron chi connectivity index (χ2n) is 8.58. The van der Waals surface area contributed by atoms with Gasteiger partial charge in [0, 0.05) is 38.4 Å². The number of amides is 1. The summed E-state index contributed by atoms with van der Waals surface area (Å²) < 4.78 is 39.2. The number of fused-ring (bicyclic) bond motifs is 1. The summed E-state index contributed by atoms with van der Waals surface area (Å²) in [6.45, 7) is 3.47. The fraction of sp³-hybridized carbons (Fsp3) is 0.346. The number of hydrogen-bond donors (Lipinski definition) is 1. The molecule has 1 aliphatic rings. The Bertz CT molecular complexity index is 1340. The summed E-state index contributed by atoms with van der Waals surface area (Å²) in [6.07, 6.45) is 2.94. The minimum Gasteiger partial charge on any atom is -0.502 e. The number of aromatic nitrogens is 1.